The molecule has 1 aliphatic rings. The summed E-state index contributed by atoms with van der Waals surface area (Å²) >= 11 is 0. The maximum Gasteiger partial charge on any atom is 0.263 e. The van der Waals surface area contributed by atoms with Gasteiger partial charge in [-0.3, -0.25) is 4.79 Å². The van der Waals surface area contributed by atoms with Crippen LogP contribution in [-0.2, 0) is 24.1 Å². The van der Waals surface area contributed by atoms with Crippen LogP contribution in [0.15, 0.2) is 54.2 Å². The van der Waals surface area contributed by atoms with E-state index < -0.39 is 0 Å². The highest BCUT2D eigenvalue weighted by Crippen LogP contribution is 2.26. The second-order valence-electron chi connectivity index (χ2n) is 8.28. The maximum atomic E-state index is 12.8. The van der Waals surface area contributed by atoms with E-state index in [0.29, 0.717) is 0 Å². The smallest absolute Gasteiger partial charge is 0.263 e. The number of anilines is 1. The number of hydrogen-bond donors (Lipinski definition) is 2. The highest BCUT2D eigenvalue weighted by molar-refractivity contribution is 5.97. The summed E-state index contributed by atoms with van der Waals surface area (Å²) in [6.45, 7) is 4.24. The van der Waals surface area contributed by atoms with Gasteiger partial charge in [0.2, 0.25) is 0 Å². The zero-order valence-corrected chi connectivity index (χ0v) is 18.7. The zero-order chi connectivity index (χ0) is 22.1. The number of aryl methyl sites for hydroxylation is 3. The standard InChI is InChI=1S/C27H33N3O/c1-3-5-8-20-11-15-25(16-12-20)29-19-24(18-28)27(31)30-26(4-2)23-14-13-21-9-6-7-10-22(21)17-23/h11-17,19,26,29H,3-10H2,1-2H3,(H,30,31)/b24-19-. The first-order valence-corrected chi connectivity index (χ1v) is 11.5. The van der Waals surface area contributed by atoms with E-state index in [9.17, 15) is 10.1 Å². The van der Waals surface area contributed by atoms with Gasteiger partial charge in [-0.05, 0) is 79.3 Å². The molecule has 0 fully saturated rings. The number of carbonyl (C=O) groups excluding carboxylic acids is 1. The third-order valence-electron chi connectivity index (χ3n) is 6.01. The number of rotatable bonds is 9. The molecule has 0 spiro atoms. The monoisotopic (exact) mass is 415 g/mol. The third-order valence-corrected chi connectivity index (χ3v) is 6.01. The Balaban J connectivity index is 1.64. The van der Waals surface area contributed by atoms with Crippen molar-refractivity contribution in [1.82, 2.24) is 5.32 Å². The molecule has 3 rings (SSSR count). The van der Waals surface area contributed by atoms with Crippen LogP contribution in [0.25, 0.3) is 0 Å². The lowest BCUT2D eigenvalue weighted by atomic mass is 9.88. The summed E-state index contributed by atoms with van der Waals surface area (Å²) in [5.74, 6) is -0.348. The summed E-state index contributed by atoms with van der Waals surface area (Å²) in [4.78, 5) is 12.8. The van der Waals surface area contributed by atoms with E-state index in [1.807, 2.05) is 18.2 Å². The molecule has 2 aromatic carbocycles. The minimum atomic E-state index is -0.348. The minimum absolute atomic E-state index is 0.0754. The summed E-state index contributed by atoms with van der Waals surface area (Å²) < 4.78 is 0. The van der Waals surface area contributed by atoms with Crippen LogP contribution >= 0.6 is 0 Å². The molecule has 0 bridgehead atoms. The summed E-state index contributed by atoms with van der Waals surface area (Å²) in [7, 11) is 0. The van der Waals surface area contributed by atoms with Crippen LogP contribution in [0.3, 0.4) is 0 Å². The molecular weight excluding hydrogens is 382 g/mol. The zero-order valence-electron chi connectivity index (χ0n) is 18.7. The van der Waals surface area contributed by atoms with Gasteiger partial charge in [0.1, 0.15) is 11.6 Å². The van der Waals surface area contributed by atoms with Gasteiger partial charge in [-0.15, -0.1) is 0 Å². The Bertz CT molecular complexity index is 953. The molecular formula is C27H33N3O. The molecule has 2 N–H and O–H groups in total. The van der Waals surface area contributed by atoms with Crippen molar-refractivity contribution >= 4 is 11.6 Å². The Morgan fingerprint density at radius 3 is 2.52 bits per heavy atom. The van der Waals surface area contributed by atoms with E-state index >= 15 is 0 Å². The normalized spacial score (nSPS) is 14.3. The first kappa shape index (κ1) is 22.6. The number of unbranched alkanes of at least 4 members (excludes halogenated alkanes) is 1. The number of carbonyl (C=O) groups is 1. The van der Waals surface area contributed by atoms with E-state index in [1.54, 1.807) is 0 Å². The van der Waals surface area contributed by atoms with Gasteiger partial charge in [-0.1, -0.05) is 50.6 Å². The number of nitrogens with one attached hydrogen (secondary N) is 2. The van der Waals surface area contributed by atoms with Gasteiger partial charge in [0.05, 0.1) is 6.04 Å². The van der Waals surface area contributed by atoms with Crippen molar-refractivity contribution in [2.24, 2.45) is 0 Å². The summed E-state index contributed by atoms with van der Waals surface area (Å²) in [6.07, 6.45) is 10.4. The van der Waals surface area contributed by atoms with E-state index in [0.717, 1.165) is 36.9 Å². The van der Waals surface area contributed by atoms with E-state index in [-0.39, 0.29) is 17.5 Å². The van der Waals surface area contributed by atoms with Gasteiger partial charge >= 0.3 is 0 Å². The van der Waals surface area contributed by atoms with Crippen molar-refractivity contribution in [2.75, 3.05) is 5.32 Å². The highest BCUT2D eigenvalue weighted by Gasteiger charge is 2.18. The van der Waals surface area contributed by atoms with E-state index in [4.69, 9.17) is 0 Å². The number of hydrogen-bond acceptors (Lipinski definition) is 3. The fraction of sp³-hybridized carbons (Fsp3) is 0.407. The molecule has 0 aromatic heterocycles. The Morgan fingerprint density at radius 2 is 1.84 bits per heavy atom. The number of nitrogens with zero attached hydrogens (tertiary/aromatic N) is 1. The van der Waals surface area contributed by atoms with Crippen LogP contribution in [-0.4, -0.2) is 5.91 Å². The van der Waals surface area contributed by atoms with E-state index in [1.165, 1.54) is 48.6 Å². The lowest BCUT2D eigenvalue weighted by Crippen LogP contribution is -2.29. The largest absolute Gasteiger partial charge is 0.360 e. The molecule has 0 radical (unpaired) electrons. The average molecular weight is 416 g/mol. The summed E-state index contributed by atoms with van der Waals surface area (Å²) in [5.41, 5.74) is 6.18. The number of amides is 1. The molecule has 1 amide bonds. The lowest BCUT2D eigenvalue weighted by Gasteiger charge is -2.21. The van der Waals surface area contributed by atoms with E-state index in [2.05, 4.69) is 54.8 Å². The Morgan fingerprint density at radius 1 is 1.10 bits per heavy atom. The SMILES string of the molecule is CCCCc1ccc(N/C=C(/C#N)C(=O)NC(CC)c2ccc3c(c2)CCCC3)cc1. The molecule has 2 aromatic rings. The number of nitriles is 1. The van der Waals surface area contributed by atoms with Crippen LogP contribution in [0.2, 0.25) is 0 Å². The van der Waals surface area contributed by atoms with Crippen LogP contribution in [0.5, 0.6) is 0 Å². The quantitative estimate of drug-likeness (QED) is 0.390. The molecule has 4 heteroatoms. The lowest BCUT2D eigenvalue weighted by molar-refractivity contribution is -0.117. The molecule has 162 valence electrons. The molecule has 4 nitrogen and oxygen atoms in total. The van der Waals surface area contributed by atoms with Gasteiger partial charge in [-0.25, -0.2) is 0 Å². The molecule has 0 heterocycles. The van der Waals surface area contributed by atoms with Crippen LogP contribution in [0.1, 0.15) is 74.2 Å². The van der Waals surface area contributed by atoms with Crippen molar-refractivity contribution in [3.63, 3.8) is 0 Å². The molecule has 1 aliphatic carbocycles. The van der Waals surface area contributed by atoms with Gasteiger partial charge in [0.15, 0.2) is 0 Å². The van der Waals surface area contributed by atoms with Crippen molar-refractivity contribution in [2.45, 2.75) is 71.3 Å². The van der Waals surface area contributed by atoms with Crippen LogP contribution in [0.4, 0.5) is 5.69 Å². The third kappa shape index (κ3) is 6.21. The molecule has 0 saturated carbocycles. The van der Waals surface area contributed by atoms with Crippen molar-refractivity contribution in [3.8, 4) is 6.07 Å². The predicted octanol–water partition coefficient (Wildman–Crippen LogP) is 5.99. The topological polar surface area (TPSA) is 64.9 Å². The summed E-state index contributed by atoms with van der Waals surface area (Å²) in [6, 6.07) is 16.6. The van der Waals surface area contributed by atoms with Gasteiger partial charge < -0.3 is 10.6 Å². The summed E-state index contributed by atoms with van der Waals surface area (Å²) in [5, 5.41) is 15.6. The maximum absolute atomic E-state index is 12.8. The Kier molecular flexibility index (Phi) is 8.29. The number of benzene rings is 2. The Labute approximate surface area is 186 Å². The molecule has 31 heavy (non-hydrogen) atoms. The fourth-order valence-electron chi connectivity index (χ4n) is 4.08. The Hall–Kier alpha value is -3.06. The van der Waals surface area contributed by atoms with Crippen LogP contribution < -0.4 is 10.6 Å². The first-order chi connectivity index (χ1) is 15.1. The number of fused-ring (bicyclic) bond motifs is 1. The fourth-order valence-corrected chi connectivity index (χ4v) is 4.08. The molecule has 1 unspecified atom stereocenters. The van der Waals surface area contributed by atoms with Crippen molar-refractivity contribution < 1.29 is 4.79 Å². The van der Waals surface area contributed by atoms with Gasteiger partial charge in [0, 0.05) is 11.9 Å². The molecule has 1 atom stereocenters. The van der Waals surface area contributed by atoms with Crippen LogP contribution in [0, 0.1) is 11.3 Å². The molecule has 0 aliphatic heterocycles. The molecule has 0 saturated heterocycles. The second-order valence-corrected chi connectivity index (χ2v) is 8.28. The predicted molar refractivity (Wildman–Crippen MR) is 127 cm³/mol. The first-order valence-electron chi connectivity index (χ1n) is 11.5. The van der Waals surface area contributed by atoms with Crippen molar-refractivity contribution in [3.05, 3.63) is 76.5 Å². The van der Waals surface area contributed by atoms with Gasteiger partial charge in [0.25, 0.3) is 5.91 Å². The average Bonchev–Trinajstić information content (AvgIpc) is 2.82. The van der Waals surface area contributed by atoms with Crippen molar-refractivity contribution in [1.29, 1.82) is 5.26 Å². The van der Waals surface area contributed by atoms with Gasteiger partial charge in [-0.2, -0.15) is 5.26 Å². The minimum Gasteiger partial charge on any atom is -0.360 e. The highest BCUT2D eigenvalue weighted by atomic mass is 16.1. The second kappa shape index (κ2) is 11.4.